The van der Waals surface area contributed by atoms with Crippen molar-refractivity contribution in [1.29, 1.82) is 0 Å². The zero-order chi connectivity index (χ0) is 20.0. The lowest BCUT2D eigenvalue weighted by molar-refractivity contribution is 0.00578. The molecule has 144 valence electrons. The molecule has 29 heavy (non-hydrogen) atoms. The van der Waals surface area contributed by atoms with Gasteiger partial charge in [-0.1, -0.05) is 36.4 Å². The molecule has 0 bridgehead atoms. The predicted octanol–water partition coefficient (Wildman–Crippen LogP) is 5.52. The van der Waals surface area contributed by atoms with Crippen molar-refractivity contribution in [2.24, 2.45) is 0 Å². The molecule has 3 heterocycles. The highest BCUT2D eigenvalue weighted by Crippen LogP contribution is 2.40. The Bertz CT molecular complexity index is 1410. The summed E-state index contributed by atoms with van der Waals surface area (Å²) in [6, 6.07) is 18.7. The molecule has 0 aliphatic carbocycles. The molecule has 0 saturated carbocycles. The zero-order valence-corrected chi connectivity index (χ0v) is 17.0. The Kier molecular flexibility index (Phi) is 3.21. The van der Waals surface area contributed by atoms with Crippen molar-refractivity contribution in [3.63, 3.8) is 0 Å². The summed E-state index contributed by atoms with van der Waals surface area (Å²) >= 11 is 0. The van der Waals surface area contributed by atoms with Crippen LogP contribution < -0.4 is 5.46 Å². The highest BCUT2D eigenvalue weighted by atomic mass is 16.7. The summed E-state index contributed by atoms with van der Waals surface area (Å²) in [4.78, 5) is 3.59. The second kappa shape index (κ2) is 5.44. The normalized spacial score (nSPS) is 18.6. The maximum absolute atomic E-state index is 6.42. The van der Waals surface area contributed by atoms with E-state index in [1.165, 1.54) is 0 Å². The highest BCUT2D eigenvalue weighted by molar-refractivity contribution is 6.66. The lowest BCUT2D eigenvalue weighted by atomic mass is 9.77. The van der Waals surface area contributed by atoms with Gasteiger partial charge in [-0.3, -0.25) is 0 Å². The first-order chi connectivity index (χ1) is 13.9. The quantitative estimate of drug-likeness (QED) is 0.388. The van der Waals surface area contributed by atoms with E-state index >= 15 is 0 Å². The molecule has 4 nitrogen and oxygen atoms in total. The van der Waals surface area contributed by atoms with Gasteiger partial charge < -0.3 is 18.7 Å². The Morgan fingerprint density at radius 2 is 1.45 bits per heavy atom. The fraction of sp³-hybridized carbons (Fsp3) is 0.250. The van der Waals surface area contributed by atoms with Crippen LogP contribution in [-0.4, -0.2) is 23.3 Å². The second-order valence-electron chi connectivity index (χ2n) is 8.95. The van der Waals surface area contributed by atoms with Gasteiger partial charge in [0.05, 0.1) is 22.1 Å². The molecule has 1 fully saturated rings. The lowest BCUT2D eigenvalue weighted by Gasteiger charge is -2.32. The van der Waals surface area contributed by atoms with Crippen LogP contribution in [0.2, 0.25) is 0 Å². The van der Waals surface area contributed by atoms with Crippen molar-refractivity contribution in [2.45, 2.75) is 38.9 Å². The Labute approximate surface area is 168 Å². The molecule has 1 aliphatic rings. The van der Waals surface area contributed by atoms with Crippen LogP contribution in [-0.2, 0) is 9.31 Å². The van der Waals surface area contributed by atoms with Gasteiger partial charge in [0, 0.05) is 27.1 Å². The predicted molar refractivity (Wildman–Crippen MR) is 119 cm³/mol. The summed E-state index contributed by atoms with van der Waals surface area (Å²) in [6.07, 6.45) is 0. The molecule has 2 aromatic heterocycles. The van der Waals surface area contributed by atoms with E-state index < -0.39 is 18.3 Å². The fourth-order valence-electron chi connectivity index (χ4n) is 4.37. The summed E-state index contributed by atoms with van der Waals surface area (Å²) in [5.41, 5.74) is 4.09. The van der Waals surface area contributed by atoms with Crippen LogP contribution in [0.4, 0.5) is 0 Å². The monoisotopic (exact) mass is 383 g/mol. The molecule has 6 rings (SSSR count). The number of fused-ring (bicyclic) bond motifs is 7. The average Bonchev–Trinajstić information content (AvgIpc) is 3.30. The van der Waals surface area contributed by atoms with Gasteiger partial charge >= 0.3 is 7.12 Å². The number of furan rings is 1. The van der Waals surface area contributed by atoms with Gasteiger partial charge in [0.1, 0.15) is 11.2 Å². The number of H-pyrrole nitrogens is 1. The second-order valence-corrected chi connectivity index (χ2v) is 8.95. The number of hydrogen-bond acceptors (Lipinski definition) is 3. The van der Waals surface area contributed by atoms with E-state index in [1.807, 2.05) is 24.3 Å². The summed E-state index contributed by atoms with van der Waals surface area (Å²) in [5, 5.41) is 4.42. The van der Waals surface area contributed by atoms with Crippen LogP contribution in [0.1, 0.15) is 27.7 Å². The first-order valence-electron chi connectivity index (χ1n) is 10.1. The van der Waals surface area contributed by atoms with Crippen molar-refractivity contribution in [3.8, 4) is 0 Å². The van der Waals surface area contributed by atoms with Crippen LogP contribution in [0.15, 0.2) is 59.0 Å². The molecule has 0 spiro atoms. The Morgan fingerprint density at radius 3 is 2.21 bits per heavy atom. The molecule has 5 aromatic rings. The summed E-state index contributed by atoms with van der Waals surface area (Å²) < 4.78 is 19.2. The van der Waals surface area contributed by atoms with E-state index in [4.69, 9.17) is 13.7 Å². The van der Waals surface area contributed by atoms with Gasteiger partial charge in [0.2, 0.25) is 0 Å². The van der Waals surface area contributed by atoms with E-state index in [9.17, 15) is 0 Å². The third-order valence-corrected chi connectivity index (χ3v) is 6.66. The standard InChI is InChI=1S/C24H22BNO3/c1-23(2)24(3,4)29-25(28-23)17-13-16-14-9-6-8-12-19(14)27-22(16)20-15-10-5-7-11-18(15)26-21(17)20/h5-13,26H,1-4H3. The third-order valence-electron chi connectivity index (χ3n) is 6.66. The van der Waals surface area contributed by atoms with Crippen LogP contribution >= 0.6 is 0 Å². The van der Waals surface area contributed by atoms with Gasteiger partial charge in [-0.25, -0.2) is 0 Å². The Hall–Kier alpha value is -2.76. The molecular formula is C24H22BNO3. The van der Waals surface area contributed by atoms with Crippen LogP contribution in [0.5, 0.6) is 0 Å². The van der Waals surface area contributed by atoms with Crippen molar-refractivity contribution in [2.75, 3.05) is 0 Å². The van der Waals surface area contributed by atoms with Gasteiger partial charge in [-0.05, 0) is 45.9 Å². The largest absolute Gasteiger partial charge is 0.497 e. The number of aromatic amines is 1. The Balaban J connectivity index is 1.75. The number of para-hydroxylation sites is 2. The Morgan fingerprint density at radius 1 is 0.793 bits per heavy atom. The van der Waals surface area contributed by atoms with Crippen LogP contribution in [0, 0.1) is 0 Å². The summed E-state index contributed by atoms with van der Waals surface area (Å²) in [5.74, 6) is 0. The maximum Gasteiger partial charge on any atom is 0.497 e. The molecule has 1 N–H and O–H groups in total. The summed E-state index contributed by atoms with van der Waals surface area (Å²) in [7, 11) is -0.450. The van der Waals surface area contributed by atoms with Gasteiger partial charge in [0.15, 0.2) is 0 Å². The molecule has 3 aromatic carbocycles. The SMILES string of the molecule is CC1(C)OB(c2cc3c4ccccc4oc3c3c2[nH]c2ccccc23)OC1(C)C. The van der Waals surface area contributed by atoms with Gasteiger partial charge in [-0.2, -0.15) is 0 Å². The number of rotatable bonds is 1. The van der Waals surface area contributed by atoms with E-state index in [0.29, 0.717) is 0 Å². The van der Waals surface area contributed by atoms with Crippen LogP contribution in [0.25, 0.3) is 43.7 Å². The van der Waals surface area contributed by atoms with Crippen molar-refractivity contribution < 1.29 is 13.7 Å². The molecular weight excluding hydrogens is 361 g/mol. The highest BCUT2D eigenvalue weighted by Gasteiger charge is 2.52. The number of hydrogen-bond donors (Lipinski definition) is 1. The minimum Gasteiger partial charge on any atom is -0.455 e. The molecule has 0 atom stereocenters. The lowest BCUT2D eigenvalue weighted by Crippen LogP contribution is -2.41. The van der Waals surface area contributed by atoms with E-state index in [1.54, 1.807) is 0 Å². The minimum absolute atomic E-state index is 0.399. The molecule has 0 unspecified atom stereocenters. The van der Waals surface area contributed by atoms with Crippen LogP contribution in [0.3, 0.4) is 0 Å². The number of aromatic nitrogens is 1. The zero-order valence-electron chi connectivity index (χ0n) is 17.0. The van der Waals surface area contributed by atoms with Crippen molar-refractivity contribution in [3.05, 3.63) is 54.6 Å². The van der Waals surface area contributed by atoms with Crippen molar-refractivity contribution in [1.82, 2.24) is 4.98 Å². The van der Waals surface area contributed by atoms with Crippen molar-refractivity contribution >= 4 is 56.3 Å². The number of nitrogens with one attached hydrogen (secondary N) is 1. The molecule has 0 amide bonds. The topological polar surface area (TPSA) is 47.4 Å². The molecule has 1 saturated heterocycles. The molecule has 1 aliphatic heterocycles. The van der Waals surface area contributed by atoms with E-state index in [2.05, 4.69) is 63.0 Å². The molecule has 0 radical (unpaired) electrons. The smallest absolute Gasteiger partial charge is 0.455 e. The van der Waals surface area contributed by atoms with E-state index in [-0.39, 0.29) is 0 Å². The fourth-order valence-corrected chi connectivity index (χ4v) is 4.37. The van der Waals surface area contributed by atoms with Gasteiger partial charge in [-0.15, -0.1) is 0 Å². The van der Waals surface area contributed by atoms with Gasteiger partial charge in [0.25, 0.3) is 0 Å². The first-order valence-corrected chi connectivity index (χ1v) is 10.1. The summed E-state index contributed by atoms with van der Waals surface area (Å²) in [6.45, 7) is 8.34. The minimum atomic E-state index is -0.450. The van der Waals surface area contributed by atoms with E-state index in [0.717, 1.165) is 49.2 Å². The third kappa shape index (κ3) is 2.23. The average molecular weight is 383 g/mol. The first kappa shape index (κ1) is 17.1. The molecule has 5 heteroatoms. The number of benzene rings is 3. The maximum atomic E-state index is 6.42.